The Balaban J connectivity index is 2.16. The number of thioether (sulfide) groups is 1. The van der Waals surface area contributed by atoms with Gasteiger partial charge in [-0.15, -0.1) is 11.8 Å². The second-order valence-corrected chi connectivity index (χ2v) is 7.37. The summed E-state index contributed by atoms with van der Waals surface area (Å²) in [5.41, 5.74) is 2.50. The van der Waals surface area contributed by atoms with Crippen LogP contribution >= 0.6 is 11.8 Å². The molecule has 0 atom stereocenters. The molecule has 0 saturated carbocycles. The molecule has 0 spiro atoms. The molecule has 0 amide bonds. The van der Waals surface area contributed by atoms with E-state index in [-0.39, 0.29) is 4.90 Å². The molecule has 0 aromatic heterocycles. The Morgan fingerprint density at radius 3 is 2.18 bits per heavy atom. The van der Waals surface area contributed by atoms with E-state index < -0.39 is 10.0 Å². The molecule has 0 fully saturated rings. The molecular formula is C16H18N2O2S2. The van der Waals surface area contributed by atoms with Gasteiger partial charge in [-0.1, -0.05) is 29.8 Å². The summed E-state index contributed by atoms with van der Waals surface area (Å²) in [5.74, 6) is 0. The smallest absolute Gasteiger partial charge is 0.200 e. The van der Waals surface area contributed by atoms with E-state index in [1.54, 1.807) is 43.0 Å². The fraction of sp³-hybridized carbons (Fsp3) is 0.188. The Morgan fingerprint density at radius 2 is 1.64 bits per heavy atom. The monoisotopic (exact) mass is 334 g/mol. The minimum Gasteiger partial charge on any atom is -0.200 e. The SMILES string of the molecule is CSc1ccc(/C(C)=N\NS(=O)(=O)c2ccc(C)cc2)cc1. The van der Waals surface area contributed by atoms with E-state index in [9.17, 15) is 8.42 Å². The minimum atomic E-state index is -3.63. The standard InChI is InChI=1S/C16H18N2O2S2/c1-12-4-10-16(11-5-12)22(19,20)18-17-13(2)14-6-8-15(21-3)9-7-14/h4-11,18H,1-3H3/b17-13-. The topological polar surface area (TPSA) is 58.5 Å². The van der Waals surface area contributed by atoms with Crippen molar-refractivity contribution in [2.45, 2.75) is 23.6 Å². The molecule has 0 saturated heterocycles. The fourth-order valence-corrected chi connectivity index (χ4v) is 3.06. The van der Waals surface area contributed by atoms with Crippen molar-refractivity contribution < 1.29 is 8.42 Å². The van der Waals surface area contributed by atoms with Crippen molar-refractivity contribution in [3.8, 4) is 0 Å². The third-order valence-electron chi connectivity index (χ3n) is 3.17. The molecule has 2 rings (SSSR count). The average molecular weight is 334 g/mol. The van der Waals surface area contributed by atoms with Crippen molar-refractivity contribution in [1.82, 2.24) is 4.83 Å². The lowest BCUT2D eigenvalue weighted by atomic mass is 10.1. The number of hydrogen-bond donors (Lipinski definition) is 1. The zero-order valence-electron chi connectivity index (χ0n) is 12.7. The van der Waals surface area contributed by atoms with Crippen LogP contribution in [0.1, 0.15) is 18.1 Å². The first-order valence-electron chi connectivity index (χ1n) is 6.69. The molecule has 6 heteroatoms. The van der Waals surface area contributed by atoms with Gasteiger partial charge in [0, 0.05) is 4.90 Å². The Morgan fingerprint density at radius 1 is 1.05 bits per heavy atom. The van der Waals surface area contributed by atoms with Crippen molar-refractivity contribution in [2.75, 3.05) is 6.26 Å². The van der Waals surface area contributed by atoms with Crippen molar-refractivity contribution in [2.24, 2.45) is 5.10 Å². The molecule has 0 radical (unpaired) electrons. The second kappa shape index (κ2) is 6.98. The highest BCUT2D eigenvalue weighted by atomic mass is 32.2. The number of rotatable bonds is 5. The Kier molecular flexibility index (Phi) is 5.26. The van der Waals surface area contributed by atoms with Crippen LogP contribution in [0.3, 0.4) is 0 Å². The number of sulfonamides is 1. The van der Waals surface area contributed by atoms with Crippen LogP contribution in [0.4, 0.5) is 0 Å². The van der Waals surface area contributed by atoms with Gasteiger partial charge < -0.3 is 0 Å². The summed E-state index contributed by atoms with van der Waals surface area (Å²) in [7, 11) is -3.63. The summed E-state index contributed by atoms with van der Waals surface area (Å²) in [5, 5.41) is 3.99. The van der Waals surface area contributed by atoms with E-state index in [0.717, 1.165) is 16.0 Å². The van der Waals surface area contributed by atoms with Crippen LogP contribution in [0.5, 0.6) is 0 Å². The highest BCUT2D eigenvalue weighted by Crippen LogP contribution is 2.15. The number of hydrazone groups is 1. The molecule has 2 aromatic carbocycles. The van der Waals surface area contributed by atoms with Crippen molar-refractivity contribution in [3.63, 3.8) is 0 Å². The maximum absolute atomic E-state index is 12.2. The van der Waals surface area contributed by atoms with Gasteiger partial charge in [0.15, 0.2) is 0 Å². The van der Waals surface area contributed by atoms with Crippen LogP contribution in [0.2, 0.25) is 0 Å². The number of hydrogen-bond acceptors (Lipinski definition) is 4. The first kappa shape index (κ1) is 16.6. The summed E-state index contributed by atoms with van der Waals surface area (Å²) in [6.45, 7) is 3.68. The van der Waals surface area contributed by atoms with Gasteiger partial charge in [-0.2, -0.15) is 18.4 Å². The number of benzene rings is 2. The highest BCUT2D eigenvalue weighted by molar-refractivity contribution is 7.98. The molecule has 0 aliphatic carbocycles. The second-order valence-electron chi connectivity index (χ2n) is 4.83. The lowest BCUT2D eigenvalue weighted by Gasteiger charge is -2.06. The van der Waals surface area contributed by atoms with Crippen LogP contribution < -0.4 is 4.83 Å². The van der Waals surface area contributed by atoms with Crippen LogP contribution in [0.15, 0.2) is 63.4 Å². The lowest BCUT2D eigenvalue weighted by molar-refractivity contribution is 0.584. The molecule has 1 N–H and O–H groups in total. The summed E-state index contributed by atoms with van der Waals surface area (Å²) in [6.07, 6.45) is 2.01. The fourth-order valence-electron chi connectivity index (χ4n) is 1.80. The quantitative estimate of drug-likeness (QED) is 0.518. The van der Waals surface area contributed by atoms with Gasteiger partial charge in [-0.3, -0.25) is 0 Å². The lowest BCUT2D eigenvalue weighted by Crippen LogP contribution is -2.19. The van der Waals surface area contributed by atoms with E-state index in [1.807, 2.05) is 37.4 Å². The summed E-state index contributed by atoms with van der Waals surface area (Å²) in [6, 6.07) is 14.4. The van der Waals surface area contributed by atoms with Crippen molar-refractivity contribution in [1.29, 1.82) is 0 Å². The first-order valence-corrected chi connectivity index (χ1v) is 9.40. The van der Waals surface area contributed by atoms with Crippen molar-refractivity contribution >= 4 is 27.5 Å². The summed E-state index contributed by atoms with van der Waals surface area (Å²) < 4.78 is 24.3. The van der Waals surface area contributed by atoms with E-state index in [4.69, 9.17) is 0 Å². The molecule has 0 heterocycles. The molecule has 0 aliphatic rings. The Labute approximate surface area is 135 Å². The largest absolute Gasteiger partial charge is 0.276 e. The molecule has 22 heavy (non-hydrogen) atoms. The van der Waals surface area contributed by atoms with Crippen LogP contribution in [-0.2, 0) is 10.0 Å². The highest BCUT2D eigenvalue weighted by Gasteiger charge is 2.12. The van der Waals surface area contributed by atoms with Crippen LogP contribution in [-0.4, -0.2) is 20.4 Å². The van der Waals surface area contributed by atoms with E-state index in [2.05, 4.69) is 9.93 Å². The van der Waals surface area contributed by atoms with Gasteiger partial charge in [-0.25, -0.2) is 0 Å². The number of nitrogens with zero attached hydrogens (tertiary/aromatic N) is 1. The van der Waals surface area contributed by atoms with Gasteiger partial charge in [-0.05, 0) is 49.9 Å². The third-order valence-corrected chi connectivity index (χ3v) is 5.14. The zero-order valence-corrected chi connectivity index (χ0v) is 14.3. The van der Waals surface area contributed by atoms with Crippen LogP contribution in [0, 0.1) is 6.92 Å². The van der Waals surface area contributed by atoms with Crippen molar-refractivity contribution in [3.05, 3.63) is 59.7 Å². The summed E-state index contributed by atoms with van der Waals surface area (Å²) in [4.78, 5) is 3.63. The predicted octanol–water partition coefficient (Wildman–Crippen LogP) is 3.42. The normalized spacial score (nSPS) is 12.2. The van der Waals surface area contributed by atoms with E-state index in [0.29, 0.717) is 5.71 Å². The number of nitrogens with one attached hydrogen (secondary N) is 1. The number of aryl methyl sites for hydroxylation is 1. The zero-order chi connectivity index (χ0) is 16.2. The minimum absolute atomic E-state index is 0.201. The van der Waals surface area contributed by atoms with E-state index in [1.165, 1.54) is 0 Å². The molecule has 0 unspecified atom stereocenters. The maximum atomic E-state index is 12.2. The third kappa shape index (κ3) is 4.11. The van der Waals surface area contributed by atoms with E-state index >= 15 is 0 Å². The Hall–Kier alpha value is -1.79. The van der Waals surface area contributed by atoms with Gasteiger partial charge in [0.2, 0.25) is 0 Å². The van der Waals surface area contributed by atoms with Gasteiger partial charge in [0.05, 0.1) is 10.6 Å². The van der Waals surface area contributed by atoms with Crippen LogP contribution in [0.25, 0.3) is 0 Å². The molecule has 116 valence electrons. The molecular weight excluding hydrogens is 316 g/mol. The van der Waals surface area contributed by atoms with Gasteiger partial charge in [0.1, 0.15) is 0 Å². The molecule has 2 aromatic rings. The molecule has 0 aliphatic heterocycles. The molecule has 0 bridgehead atoms. The predicted molar refractivity (Wildman–Crippen MR) is 91.9 cm³/mol. The van der Waals surface area contributed by atoms with Gasteiger partial charge in [0.25, 0.3) is 10.0 Å². The van der Waals surface area contributed by atoms with Gasteiger partial charge >= 0.3 is 0 Å². The summed E-state index contributed by atoms with van der Waals surface area (Å²) >= 11 is 1.65. The Bertz CT molecular complexity index is 765. The molecule has 4 nitrogen and oxygen atoms in total. The maximum Gasteiger partial charge on any atom is 0.276 e. The first-order chi connectivity index (χ1) is 10.4. The average Bonchev–Trinajstić information content (AvgIpc) is 2.53.